The van der Waals surface area contributed by atoms with E-state index in [1.54, 1.807) is 0 Å². The molecule has 0 aromatic carbocycles. The fraction of sp³-hybridized carbons (Fsp3) is 0.556. The van der Waals surface area contributed by atoms with Gasteiger partial charge in [-0.1, -0.05) is 5.92 Å². The average Bonchev–Trinajstić information content (AvgIpc) is 2.12. The van der Waals surface area contributed by atoms with Gasteiger partial charge in [0.25, 0.3) is 0 Å². The van der Waals surface area contributed by atoms with E-state index in [-0.39, 0.29) is 25.3 Å². The number of amides is 1. The predicted octanol–water partition coefficient (Wildman–Crippen LogP) is -0.384. The summed E-state index contributed by atoms with van der Waals surface area (Å²) in [6, 6.07) is 0. The van der Waals surface area contributed by atoms with Crippen molar-refractivity contribution in [1.82, 2.24) is 5.32 Å². The molecule has 78 valence electrons. The molecular weight excluding hydrogens is 186 g/mol. The topological polar surface area (TPSA) is 75.6 Å². The highest BCUT2D eigenvalue weighted by atomic mass is 16.5. The third-order valence-corrected chi connectivity index (χ3v) is 1.53. The number of carboxylic acid groups (broad SMARTS) is 1. The van der Waals surface area contributed by atoms with Gasteiger partial charge in [-0.25, -0.2) is 0 Å². The van der Waals surface area contributed by atoms with Gasteiger partial charge in [0.15, 0.2) is 0 Å². The first-order chi connectivity index (χ1) is 6.60. The summed E-state index contributed by atoms with van der Waals surface area (Å²) in [5.74, 6) is 0.906. The molecule has 0 aliphatic carbocycles. The molecule has 0 aromatic heterocycles. The molecule has 0 rings (SSSR count). The van der Waals surface area contributed by atoms with E-state index < -0.39 is 12.1 Å². The van der Waals surface area contributed by atoms with Crippen LogP contribution in [0.4, 0.5) is 0 Å². The van der Waals surface area contributed by atoms with Crippen LogP contribution in [0.15, 0.2) is 0 Å². The molecule has 0 saturated carbocycles. The van der Waals surface area contributed by atoms with Crippen molar-refractivity contribution in [2.24, 2.45) is 0 Å². The third-order valence-electron chi connectivity index (χ3n) is 1.53. The highest BCUT2D eigenvalue weighted by Gasteiger charge is 2.12. The van der Waals surface area contributed by atoms with Crippen molar-refractivity contribution in [1.29, 1.82) is 0 Å². The van der Waals surface area contributed by atoms with Crippen molar-refractivity contribution in [3.05, 3.63) is 0 Å². The maximum Gasteiger partial charge on any atom is 0.306 e. The van der Waals surface area contributed by atoms with E-state index in [0.29, 0.717) is 0 Å². The van der Waals surface area contributed by atoms with Gasteiger partial charge >= 0.3 is 5.97 Å². The molecule has 0 radical (unpaired) electrons. The van der Waals surface area contributed by atoms with Crippen LogP contribution < -0.4 is 5.32 Å². The Balaban J connectivity index is 3.78. The maximum absolute atomic E-state index is 10.9. The number of ether oxygens (including phenoxy) is 1. The molecule has 1 amide bonds. The maximum atomic E-state index is 10.9. The van der Waals surface area contributed by atoms with Gasteiger partial charge in [-0.3, -0.25) is 9.59 Å². The van der Waals surface area contributed by atoms with Crippen LogP contribution in [-0.2, 0) is 14.3 Å². The summed E-state index contributed by atoms with van der Waals surface area (Å²) in [7, 11) is 1.39. The molecule has 0 aliphatic rings. The zero-order chi connectivity index (χ0) is 11.0. The molecule has 0 aromatic rings. The van der Waals surface area contributed by atoms with Gasteiger partial charge in [-0.05, 0) is 0 Å². The highest BCUT2D eigenvalue weighted by molar-refractivity contribution is 5.78. The number of carbonyl (C=O) groups is 2. The van der Waals surface area contributed by atoms with Gasteiger partial charge in [-0.2, -0.15) is 0 Å². The van der Waals surface area contributed by atoms with Gasteiger partial charge in [0.2, 0.25) is 5.91 Å². The fourth-order valence-corrected chi connectivity index (χ4v) is 0.816. The first kappa shape index (κ1) is 12.5. The van der Waals surface area contributed by atoms with Crippen molar-refractivity contribution in [2.45, 2.75) is 18.9 Å². The summed E-state index contributed by atoms with van der Waals surface area (Å²) < 4.78 is 4.84. The summed E-state index contributed by atoms with van der Waals surface area (Å²) in [5, 5.41) is 10.9. The molecular formula is C9H13NO4. The summed E-state index contributed by atoms with van der Waals surface area (Å²) in [5.41, 5.74) is 0. The average molecular weight is 199 g/mol. The van der Waals surface area contributed by atoms with Crippen LogP contribution in [0.25, 0.3) is 0 Å². The predicted molar refractivity (Wildman–Crippen MR) is 49.5 cm³/mol. The lowest BCUT2D eigenvalue weighted by molar-refractivity contribution is -0.140. The Labute approximate surface area is 82.4 Å². The van der Waals surface area contributed by atoms with Gasteiger partial charge in [0.1, 0.15) is 0 Å². The second-order valence-corrected chi connectivity index (χ2v) is 2.64. The Morgan fingerprint density at radius 1 is 1.64 bits per heavy atom. The van der Waals surface area contributed by atoms with Crippen LogP contribution in [-0.4, -0.2) is 36.7 Å². The van der Waals surface area contributed by atoms with E-state index in [1.807, 2.05) is 0 Å². The summed E-state index contributed by atoms with van der Waals surface area (Å²) >= 11 is 0. The van der Waals surface area contributed by atoms with Crippen LogP contribution in [0.3, 0.4) is 0 Å². The fourth-order valence-electron chi connectivity index (χ4n) is 0.816. The molecule has 0 saturated heterocycles. The first-order valence-corrected chi connectivity index (χ1v) is 4.05. The normalized spacial score (nSPS) is 11.4. The largest absolute Gasteiger partial charge is 0.481 e. The first-order valence-electron chi connectivity index (χ1n) is 4.05. The lowest BCUT2D eigenvalue weighted by Gasteiger charge is -2.13. The molecule has 0 fully saturated rings. The molecule has 0 spiro atoms. The molecule has 5 nitrogen and oxygen atoms in total. The van der Waals surface area contributed by atoms with Gasteiger partial charge in [0.05, 0.1) is 18.9 Å². The zero-order valence-electron chi connectivity index (χ0n) is 7.95. The zero-order valence-corrected chi connectivity index (χ0v) is 7.95. The molecule has 14 heavy (non-hydrogen) atoms. The standard InChI is InChI=1S/C9H13NO4/c1-3-4-8(11)10-6-7(14-2)5-9(12)13/h1,7H,4-6H2,2H3,(H,10,11)(H,12,13). The Morgan fingerprint density at radius 2 is 2.29 bits per heavy atom. The van der Waals surface area contributed by atoms with Gasteiger partial charge in [0, 0.05) is 13.7 Å². The van der Waals surface area contributed by atoms with Crippen LogP contribution >= 0.6 is 0 Å². The van der Waals surface area contributed by atoms with Crippen LogP contribution in [0.5, 0.6) is 0 Å². The van der Waals surface area contributed by atoms with Crippen molar-refractivity contribution in [3.8, 4) is 12.3 Å². The lowest BCUT2D eigenvalue weighted by Crippen LogP contribution is -2.34. The number of rotatable bonds is 6. The number of aliphatic carboxylic acids is 1. The molecule has 5 heteroatoms. The smallest absolute Gasteiger partial charge is 0.306 e. The van der Waals surface area contributed by atoms with E-state index in [0.717, 1.165) is 0 Å². The molecule has 2 N–H and O–H groups in total. The number of carbonyl (C=O) groups excluding carboxylic acids is 1. The number of methoxy groups -OCH3 is 1. The van der Waals surface area contributed by atoms with E-state index in [2.05, 4.69) is 11.2 Å². The minimum atomic E-state index is -0.969. The second kappa shape index (κ2) is 6.92. The van der Waals surface area contributed by atoms with E-state index in [4.69, 9.17) is 16.3 Å². The molecule has 0 heterocycles. The minimum absolute atomic E-state index is 0.0104. The Kier molecular flexibility index (Phi) is 6.16. The van der Waals surface area contributed by atoms with Crippen LogP contribution in [0.2, 0.25) is 0 Å². The van der Waals surface area contributed by atoms with E-state index >= 15 is 0 Å². The minimum Gasteiger partial charge on any atom is -0.481 e. The van der Waals surface area contributed by atoms with E-state index in [9.17, 15) is 9.59 Å². The van der Waals surface area contributed by atoms with E-state index in [1.165, 1.54) is 7.11 Å². The number of hydrogen-bond acceptors (Lipinski definition) is 3. The Hall–Kier alpha value is -1.54. The molecule has 0 bridgehead atoms. The van der Waals surface area contributed by atoms with Crippen molar-refractivity contribution >= 4 is 11.9 Å². The highest BCUT2D eigenvalue weighted by Crippen LogP contribution is 1.95. The van der Waals surface area contributed by atoms with Crippen molar-refractivity contribution in [2.75, 3.05) is 13.7 Å². The quantitative estimate of drug-likeness (QED) is 0.571. The van der Waals surface area contributed by atoms with Gasteiger partial charge < -0.3 is 15.2 Å². The Morgan fingerprint density at radius 3 is 2.71 bits per heavy atom. The lowest BCUT2D eigenvalue weighted by atomic mass is 10.2. The summed E-state index contributed by atoms with van der Waals surface area (Å²) in [4.78, 5) is 21.2. The number of nitrogens with one attached hydrogen (secondary N) is 1. The van der Waals surface area contributed by atoms with Crippen molar-refractivity contribution in [3.63, 3.8) is 0 Å². The van der Waals surface area contributed by atoms with Crippen LogP contribution in [0, 0.1) is 12.3 Å². The number of carboxylic acids is 1. The molecule has 1 atom stereocenters. The molecule has 1 unspecified atom stereocenters. The Bertz CT molecular complexity index is 244. The SMILES string of the molecule is C#CCC(=O)NCC(CC(=O)O)OC. The summed E-state index contributed by atoms with van der Waals surface area (Å²) in [6.45, 7) is 0.156. The van der Waals surface area contributed by atoms with Crippen molar-refractivity contribution < 1.29 is 19.4 Å². The number of hydrogen-bond donors (Lipinski definition) is 2. The third kappa shape index (κ3) is 6.03. The monoisotopic (exact) mass is 199 g/mol. The second-order valence-electron chi connectivity index (χ2n) is 2.64. The molecule has 0 aliphatic heterocycles. The van der Waals surface area contributed by atoms with Crippen LogP contribution in [0.1, 0.15) is 12.8 Å². The van der Waals surface area contributed by atoms with Gasteiger partial charge in [-0.15, -0.1) is 6.42 Å². The summed E-state index contributed by atoms with van der Waals surface area (Å²) in [6.07, 6.45) is 4.24. The number of terminal acetylenes is 1.